The molecule has 0 saturated heterocycles. The second-order valence-electron chi connectivity index (χ2n) is 6.00. The quantitative estimate of drug-likeness (QED) is 0.709. The SMILES string of the molecule is CCC(C)(C)c1ccc(C(N)c2ccc(F)cc2I)cc1. The van der Waals surface area contributed by atoms with E-state index in [-0.39, 0.29) is 17.3 Å². The lowest BCUT2D eigenvalue weighted by molar-refractivity contribution is 0.506. The highest BCUT2D eigenvalue weighted by Gasteiger charge is 2.19. The Morgan fingerprint density at radius 2 is 1.76 bits per heavy atom. The maximum Gasteiger partial charge on any atom is 0.124 e. The Labute approximate surface area is 139 Å². The Morgan fingerprint density at radius 1 is 1.14 bits per heavy atom. The lowest BCUT2D eigenvalue weighted by atomic mass is 9.81. The third-order valence-electron chi connectivity index (χ3n) is 4.23. The van der Waals surface area contributed by atoms with Crippen molar-refractivity contribution in [3.8, 4) is 0 Å². The van der Waals surface area contributed by atoms with Crippen LogP contribution in [0.2, 0.25) is 0 Å². The van der Waals surface area contributed by atoms with Gasteiger partial charge in [-0.25, -0.2) is 4.39 Å². The molecular formula is C18H21FIN. The van der Waals surface area contributed by atoms with Gasteiger partial charge in [-0.1, -0.05) is 51.1 Å². The minimum Gasteiger partial charge on any atom is -0.320 e. The third-order valence-corrected chi connectivity index (χ3v) is 5.17. The van der Waals surface area contributed by atoms with Crippen LogP contribution in [0.4, 0.5) is 4.39 Å². The largest absolute Gasteiger partial charge is 0.320 e. The van der Waals surface area contributed by atoms with Crippen molar-refractivity contribution in [3.63, 3.8) is 0 Å². The molecule has 21 heavy (non-hydrogen) atoms. The number of nitrogens with two attached hydrogens (primary N) is 1. The van der Waals surface area contributed by atoms with E-state index in [4.69, 9.17) is 5.73 Å². The van der Waals surface area contributed by atoms with Crippen LogP contribution in [0.3, 0.4) is 0 Å². The van der Waals surface area contributed by atoms with Gasteiger partial charge < -0.3 is 5.73 Å². The first-order valence-corrected chi connectivity index (χ1v) is 8.24. The molecule has 3 heteroatoms. The van der Waals surface area contributed by atoms with E-state index in [0.717, 1.165) is 21.1 Å². The van der Waals surface area contributed by atoms with E-state index in [9.17, 15) is 4.39 Å². The summed E-state index contributed by atoms with van der Waals surface area (Å²) in [4.78, 5) is 0. The summed E-state index contributed by atoms with van der Waals surface area (Å²) < 4.78 is 14.1. The van der Waals surface area contributed by atoms with E-state index in [1.165, 1.54) is 17.7 Å². The van der Waals surface area contributed by atoms with Crippen molar-refractivity contribution in [3.05, 3.63) is 68.5 Å². The Balaban J connectivity index is 2.30. The monoisotopic (exact) mass is 397 g/mol. The summed E-state index contributed by atoms with van der Waals surface area (Å²) in [5.41, 5.74) is 9.83. The summed E-state index contributed by atoms with van der Waals surface area (Å²) in [6, 6.07) is 13.0. The molecule has 0 aliphatic rings. The molecule has 2 rings (SSSR count). The van der Waals surface area contributed by atoms with Gasteiger partial charge in [-0.05, 0) is 63.2 Å². The van der Waals surface area contributed by atoms with Gasteiger partial charge in [-0.3, -0.25) is 0 Å². The predicted octanol–water partition coefficient (Wildman–Crippen LogP) is 5.17. The van der Waals surface area contributed by atoms with Gasteiger partial charge in [0.05, 0.1) is 6.04 Å². The molecule has 2 aromatic carbocycles. The fourth-order valence-corrected chi connectivity index (χ4v) is 3.09. The van der Waals surface area contributed by atoms with Crippen molar-refractivity contribution < 1.29 is 4.39 Å². The van der Waals surface area contributed by atoms with Crippen molar-refractivity contribution >= 4 is 22.6 Å². The van der Waals surface area contributed by atoms with Gasteiger partial charge in [0.25, 0.3) is 0 Å². The van der Waals surface area contributed by atoms with E-state index in [1.54, 1.807) is 6.07 Å². The van der Waals surface area contributed by atoms with Crippen molar-refractivity contribution in [2.75, 3.05) is 0 Å². The molecule has 0 aromatic heterocycles. The Hall–Kier alpha value is -0.940. The van der Waals surface area contributed by atoms with Gasteiger partial charge in [0.2, 0.25) is 0 Å². The predicted molar refractivity (Wildman–Crippen MR) is 94.9 cm³/mol. The highest BCUT2D eigenvalue weighted by atomic mass is 127. The molecule has 0 spiro atoms. The Bertz CT molecular complexity index is 620. The summed E-state index contributed by atoms with van der Waals surface area (Å²) in [5, 5.41) is 0. The molecule has 1 unspecified atom stereocenters. The normalized spacial score (nSPS) is 13.2. The number of benzene rings is 2. The molecule has 0 amide bonds. The van der Waals surface area contributed by atoms with Crippen LogP contribution in [0.25, 0.3) is 0 Å². The summed E-state index contributed by atoms with van der Waals surface area (Å²) in [5.74, 6) is -0.226. The Morgan fingerprint density at radius 3 is 2.29 bits per heavy atom. The van der Waals surface area contributed by atoms with Crippen molar-refractivity contribution in [1.82, 2.24) is 0 Å². The van der Waals surface area contributed by atoms with Crippen LogP contribution in [-0.2, 0) is 5.41 Å². The number of hydrogen-bond acceptors (Lipinski definition) is 1. The first kappa shape index (κ1) is 16.4. The van der Waals surface area contributed by atoms with E-state index in [0.29, 0.717) is 0 Å². The van der Waals surface area contributed by atoms with Crippen LogP contribution in [0.5, 0.6) is 0 Å². The minimum atomic E-state index is -0.226. The lowest BCUT2D eigenvalue weighted by Crippen LogP contribution is -2.17. The fourth-order valence-electron chi connectivity index (χ4n) is 2.28. The van der Waals surface area contributed by atoms with Crippen molar-refractivity contribution in [2.24, 2.45) is 5.73 Å². The molecule has 0 radical (unpaired) electrons. The van der Waals surface area contributed by atoms with Gasteiger partial charge in [-0.2, -0.15) is 0 Å². The molecule has 0 heterocycles. The van der Waals surface area contributed by atoms with Crippen LogP contribution in [-0.4, -0.2) is 0 Å². The molecule has 0 aliphatic heterocycles. The summed E-state index contributed by atoms with van der Waals surface area (Å²) in [6.45, 7) is 6.68. The molecular weight excluding hydrogens is 376 g/mol. The van der Waals surface area contributed by atoms with Crippen LogP contribution in [0.15, 0.2) is 42.5 Å². The molecule has 0 bridgehead atoms. The van der Waals surface area contributed by atoms with Gasteiger partial charge in [0.1, 0.15) is 5.82 Å². The van der Waals surface area contributed by atoms with E-state index >= 15 is 0 Å². The summed E-state index contributed by atoms with van der Waals surface area (Å²) in [6.07, 6.45) is 1.09. The van der Waals surface area contributed by atoms with Crippen molar-refractivity contribution in [2.45, 2.75) is 38.6 Å². The topological polar surface area (TPSA) is 26.0 Å². The van der Waals surface area contributed by atoms with E-state index in [1.807, 2.05) is 0 Å². The third kappa shape index (κ3) is 3.64. The van der Waals surface area contributed by atoms with E-state index < -0.39 is 0 Å². The smallest absolute Gasteiger partial charge is 0.124 e. The van der Waals surface area contributed by atoms with Gasteiger partial charge >= 0.3 is 0 Å². The van der Waals surface area contributed by atoms with Crippen LogP contribution in [0.1, 0.15) is 49.9 Å². The first-order chi connectivity index (χ1) is 9.85. The molecule has 0 saturated carbocycles. The lowest BCUT2D eigenvalue weighted by Gasteiger charge is -2.24. The molecule has 2 N–H and O–H groups in total. The highest BCUT2D eigenvalue weighted by molar-refractivity contribution is 14.1. The minimum absolute atomic E-state index is 0.174. The standard InChI is InChI=1S/C18H21FIN/c1-4-18(2,3)13-7-5-12(6-8-13)17(21)15-10-9-14(19)11-16(15)20/h5-11,17H,4,21H2,1-3H3. The molecule has 0 fully saturated rings. The summed E-state index contributed by atoms with van der Waals surface area (Å²) in [7, 11) is 0. The number of halogens is 2. The molecule has 2 aromatic rings. The maximum atomic E-state index is 13.2. The zero-order valence-electron chi connectivity index (χ0n) is 12.7. The first-order valence-electron chi connectivity index (χ1n) is 7.16. The Kier molecular flexibility index (Phi) is 5.04. The molecule has 0 aliphatic carbocycles. The van der Waals surface area contributed by atoms with E-state index in [2.05, 4.69) is 67.6 Å². The van der Waals surface area contributed by atoms with Crippen LogP contribution < -0.4 is 5.73 Å². The van der Waals surface area contributed by atoms with Crippen molar-refractivity contribution in [1.29, 1.82) is 0 Å². The molecule has 1 atom stereocenters. The fraction of sp³-hybridized carbons (Fsp3) is 0.333. The highest BCUT2D eigenvalue weighted by Crippen LogP contribution is 2.29. The number of rotatable bonds is 4. The molecule has 112 valence electrons. The summed E-state index contributed by atoms with van der Waals surface area (Å²) >= 11 is 2.13. The van der Waals surface area contributed by atoms with Crippen LogP contribution in [0, 0.1) is 9.39 Å². The molecule has 1 nitrogen and oxygen atoms in total. The average molecular weight is 397 g/mol. The van der Waals surface area contributed by atoms with Gasteiger partial charge in [0, 0.05) is 3.57 Å². The second kappa shape index (κ2) is 6.44. The van der Waals surface area contributed by atoms with Crippen LogP contribution >= 0.6 is 22.6 Å². The zero-order valence-corrected chi connectivity index (χ0v) is 14.8. The van der Waals surface area contributed by atoms with Gasteiger partial charge in [-0.15, -0.1) is 0 Å². The second-order valence-corrected chi connectivity index (χ2v) is 7.17. The number of hydrogen-bond donors (Lipinski definition) is 1. The zero-order chi connectivity index (χ0) is 15.6. The maximum absolute atomic E-state index is 13.2. The average Bonchev–Trinajstić information content (AvgIpc) is 2.47. The van der Waals surface area contributed by atoms with Gasteiger partial charge in [0.15, 0.2) is 0 Å².